The van der Waals surface area contributed by atoms with Crippen LogP contribution in [0.25, 0.3) is 16.9 Å². The minimum Gasteiger partial charge on any atom is -0.456 e. The van der Waals surface area contributed by atoms with Crippen molar-refractivity contribution in [1.82, 2.24) is 9.55 Å². The molecule has 0 spiro atoms. The highest BCUT2D eigenvalue weighted by Crippen LogP contribution is 2.28. The summed E-state index contributed by atoms with van der Waals surface area (Å²) in [5.41, 5.74) is 1.61. The van der Waals surface area contributed by atoms with E-state index >= 15 is 0 Å². The molecule has 2 aromatic heterocycles. The maximum atomic E-state index is 12.3. The summed E-state index contributed by atoms with van der Waals surface area (Å²) >= 11 is 0. The molecule has 3 aromatic rings. The van der Waals surface area contributed by atoms with Gasteiger partial charge in [0.1, 0.15) is 11.5 Å². The van der Waals surface area contributed by atoms with Crippen molar-refractivity contribution >= 4 is 5.57 Å². The van der Waals surface area contributed by atoms with Crippen molar-refractivity contribution < 1.29 is 4.42 Å². The Bertz CT molecular complexity index is 1230. The Morgan fingerprint density at radius 2 is 2.04 bits per heavy atom. The Kier molecular flexibility index (Phi) is 4.19. The highest BCUT2D eigenvalue weighted by Gasteiger charge is 2.14. The van der Waals surface area contributed by atoms with Gasteiger partial charge in [0.05, 0.1) is 23.7 Å². The van der Waals surface area contributed by atoms with Gasteiger partial charge in [0, 0.05) is 6.20 Å². The van der Waals surface area contributed by atoms with E-state index in [1.807, 2.05) is 30.4 Å². The summed E-state index contributed by atoms with van der Waals surface area (Å²) in [5.74, 6) is 1.10. The third-order valence-corrected chi connectivity index (χ3v) is 4.38. The third kappa shape index (κ3) is 3.31. The fourth-order valence-electron chi connectivity index (χ4n) is 3.02. The fourth-order valence-corrected chi connectivity index (χ4v) is 3.02. The zero-order valence-corrected chi connectivity index (χ0v) is 14.3. The predicted molar refractivity (Wildman–Crippen MR) is 101 cm³/mol. The fraction of sp³-hybridized carbons (Fsp3) is 0.0952. The molecule has 0 fully saturated rings. The first kappa shape index (κ1) is 16.6. The van der Waals surface area contributed by atoms with E-state index in [4.69, 9.17) is 9.68 Å². The first-order valence-electron chi connectivity index (χ1n) is 8.43. The van der Waals surface area contributed by atoms with Crippen molar-refractivity contribution in [2.24, 2.45) is 0 Å². The van der Waals surface area contributed by atoms with E-state index in [1.54, 1.807) is 24.3 Å². The lowest BCUT2D eigenvalue weighted by molar-refractivity contribution is 0.563. The zero-order chi connectivity index (χ0) is 18.8. The second-order valence-electron chi connectivity index (χ2n) is 6.23. The van der Waals surface area contributed by atoms with Gasteiger partial charge in [0.25, 0.3) is 5.56 Å². The number of rotatable bonds is 4. The molecule has 0 unspecified atom stereocenters. The summed E-state index contributed by atoms with van der Waals surface area (Å²) < 4.78 is 7.22. The molecule has 0 aliphatic heterocycles. The summed E-state index contributed by atoms with van der Waals surface area (Å²) in [6.07, 6.45) is 8.23. The average Bonchev–Trinajstić information content (AvgIpc) is 3.35. The first-order valence-corrected chi connectivity index (χ1v) is 8.43. The van der Waals surface area contributed by atoms with Gasteiger partial charge in [-0.1, -0.05) is 30.4 Å². The average molecular weight is 357 g/mol. The molecule has 0 saturated carbocycles. The standard InChI is InChI=1S/C21H15N3O3/c22-11-14-4-3-5-15(10-14)12-24-13-17(20(25)23-21(24)26)19-9-8-18(27-19)16-6-1-2-7-16/h1-6,8-10,13H,7,12H2,(H,23,25,26). The molecule has 27 heavy (non-hydrogen) atoms. The van der Waals surface area contributed by atoms with Crippen LogP contribution < -0.4 is 11.2 Å². The maximum Gasteiger partial charge on any atom is 0.328 e. The number of nitrogens with one attached hydrogen (secondary N) is 1. The van der Waals surface area contributed by atoms with E-state index in [-0.39, 0.29) is 12.1 Å². The number of aromatic nitrogens is 2. The van der Waals surface area contributed by atoms with Gasteiger partial charge < -0.3 is 4.42 Å². The van der Waals surface area contributed by atoms with Crippen LogP contribution in [0, 0.1) is 11.3 Å². The SMILES string of the molecule is N#Cc1cccc(Cn2cc(-c3ccc(C4=CC=CC4)o3)c(=O)[nH]c2=O)c1. The van der Waals surface area contributed by atoms with Crippen LogP contribution >= 0.6 is 0 Å². The number of nitrogens with zero attached hydrogens (tertiary/aromatic N) is 2. The van der Waals surface area contributed by atoms with Gasteiger partial charge in [-0.15, -0.1) is 0 Å². The topological polar surface area (TPSA) is 91.8 Å². The zero-order valence-electron chi connectivity index (χ0n) is 14.3. The van der Waals surface area contributed by atoms with Crippen molar-refractivity contribution in [3.8, 4) is 17.4 Å². The van der Waals surface area contributed by atoms with Gasteiger partial charge in [-0.3, -0.25) is 14.3 Å². The predicted octanol–water partition coefficient (Wildman–Crippen LogP) is 3.06. The minimum atomic E-state index is -0.513. The lowest BCUT2D eigenvalue weighted by Gasteiger charge is -2.07. The summed E-state index contributed by atoms with van der Waals surface area (Å²) in [4.78, 5) is 26.8. The van der Waals surface area contributed by atoms with E-state index in [0.717, 1.165) is 17.6 Å². The van der Waals surface area contributed by atoms with Crippen LogP contribution in [0.5, 0.6) is 0 Å². The van der Waals surface area contributed by atoms with Crippen LogP contribution in [-0.4, -0.2) is 9.55 Å². The molecule has 1 aliphatic rings. The van der Waals surface area contributed by atoms with Gasteiger partial charge in [-0.05, 0) is 41.8 Å². The number of benzene rings is 1. The molecule has 132 valence electrons. The van der Waals surface area contributed by atoms with Gasteiger partial charge in [0.2, 0.25) is 0 Å². The normalized spacial score (nSPS) is 12.8. The molecule has 6 nitrogen and oxygen atoms in total. The molecule has 4 rings (SSSR count). The van der Waals surface area contributed by atoms with Crippen LogP contribution in [0.4, 0.5) is 0 Å². The van der Waals surface area contributed by atoms with Gasteiger partial charge in [0.15, 0.2) is 0 Å². The number of hydrogen-bond acceptors (Lipinski definition) is 4. The Labute approximate surface area is 154 Å². The lowest BCUT2D eigenvalue weighted by atomic mass is 10.1. The number of nitriles is 1. The molecule has 1 N–H and O–H groups in total. The third-order valence-electron chi connectivity index (χ3n) is 4.38. The first-order chi connectivity index (χ1) is 13.1. The molecule has 0 amide bonds. The van der Waals surface area contributed by atoms with Crippen LogP contribution in [-0.2, 0) is 6.54 Å². The van der Waals surface area contributed by atoms with Crippen molar-refractivity contribution in [3.05, 3.63) is 98.5 Å². The Balaban J connectivity index is 1.70. The maximum absolute atomic E-state index is 12.3. The summed E-state index contributed by atoms with van der Waals surface area (Å²) in [5, 5.41) is 9.02. The Morgan fingerprint density at radius 1 is 1.19 bits per heavy atom. The van der Waals surface area contributed by atoms with E-state index in [9.17, 15) is 9.59 Å². The van der Waals surface area contributed by atoms with E-state index in [0.29, 0.717) is 17.1 Å². The second kappa shape index (κ2) is 6.81. The van der Waals surface area contributed by atoms with Crippen molar-refractivity contribution in [1.29, 1.82) is 5.26 Å². The van der Waals surface area contributed by atoms with Gasteiger partial charge in [-0.25, -0.2) is 4.79 Å². The highest BCUT2D eigenvalue weighted by molar-refractivity contribution is 5.69. The van der Waals surface area contributed by atoms with Crippen molar-refractivity contribution in [2.45, 2.75) is 13.0 Å². The highest BCUT2D eigenvalue weighted by atomic mass is 16.3. The smallest absolute Gasteiger partial charge is 0.328 e. The van der Waals surface area contributed by atoms with Gasteiger partial charge in [-0.2, -0.15) is 5.26 Å². The summed E-state index contributed by atoms with van der Waals surface area (Å²) in [6, 6.07) is 12.6. The Hall–Kier alpha value is -3.85. The second-order valence-corrected chi connectivity index (χ2v) is 6.23. The molecule has 1 aromatic carbocycles. The molecule has 0 bridgehead atoms. The monoisotopic (exact) mass is 357 g/mol. The van der Waals surface area contributed by atoms with Crippen molar-refractivity contribution in [3.63, 3.8) is 0 Å². The number of aromatic amines is 1. The molecule has 2 heterocycles. The van der Waals surface area contributed by atoms with Crippen LogP contribution in [0.2, 0.25) is 0 Å². The lowest BCUT2D eigenvalue weighted by Crippen LogP contribution is -2.30. The van der Waals surface area contributed by atoms with E-state index in [2.05, 4.69) is 11.1 Å². The molecule has 1 aliphatic carbocycles. The quantitative estimate of drug-likeness (QED) is 0.777. The summed E-state index contributed by atoms with van der Waals surface area (Å²) in [6.45, 7) is 0.237. The largest absolute Gasteiger partial charge is 0.456 e. The minimum absolute atomic E-state index is 0.237. The van der Waals surface area contributed by atoms with Crippen LogP contribution in [0.15, 0.2) is 74.8 Å². The number of allylic oxidation sites excluding steroid dienone is 4. The molecular formula is C21H15N3O3. The molecule has 0 atom stereocenters. The molecule has 0 radical (unpaired) electrons. The van der Waals surface area contributed by atoms with E-state index < -0.39 is 11.2 Å². The Morgan fingerprint density at radius 3 is 2.81 bits per heavy atom. The van der Waals surface area contributed by atoms with Crippen LogP contribution in [0.3, 0.4) is 0 Å². The number of furan rings is 1. The van der Waals surface area contributed by atoms with E-state index in [1.165, 1.54) is 10.8 Å². The summed E-state index contributed by atoms with van der Waals surface area (Å²) in [7, 11) is 0. The number of H-pyrrole nitrogens is 1. The van der Waals surface area contributed by atoms with Gasteiger partial charge >= 0.3 is 5.69 Å². The number of hydrogen-bond donors (Lipinski definition) is 1. The van der Waals surface area contributed by atoms with Crippen molar-refractivity contribution in [2.75, 3.05) is 0 Å². The van der Waals surface area contributed by atoms with Crippen LogP contribution in [0.1, 0.15) is 23.3 Å². The molecular weight excluding hydrogens is 342 g/mol. The molecule has 6 heteroatoms. The molecule has 0 saturated heterocycles.